The normalized spacial score (nSPS) is 10.4. The van der Waals surface area contributed by atoms with E-state index in [1.165, 1.54) is 22.9 Å². The fourth-order valence-corrected chi connectivity index (χ4v) is 2.47. The lowest BCUT2D eigenvalue weighted by atomic mass is 10.0. The Bertz CT molecular complexity index is 878. The summed E-state index contributed by atoms with van der Waals surface area (Å²) in [6, 6.07) is 7.82. The number of rotatable bonds is 7. The predicted molar refractivity (Wildman–Crippen MR) is 92.8 cm³/mol. The number of nitriles is 1. The number of hydrogen-bond acceptors (Lipinski definition) is 5. The van der Waals surface area contributed by atoms with E-state index in [1.54, 1.807) is 12.1 Å². The number of ketones is 1. The molecule has 6 nitrogen and oxygen atoms in total. The van der Waals surface area contributed by atoms with Crippen LogP contribution in [0.2, 0.25) is 0 Å². The maximum absolute atomic E-state index is 12.7. The van der Waals surface area contributed by atoms with Gasteiger partial charge in [0.1, 0.15) is 17.4 Å². The zero-order valence-corrected chi connectivity index (χ0v) is 14.3. The molecule has 0 amide bonds. The summed E-state index contributed by atoms with van der Waals surface area (Å²) in [5.74, 6) is -0.570. The Morgan fingerprint density at radius 3 is 2.80 bits per heavy atom. The summed E-state index contributed by atoms with van der Waals surface area (Å²) in [5.41, 5.74) is 0.613. The van der Waals surface area contributed by atoms with E-state index in [4.69, 9.17) is 4.74 Å². The second-order valence-electron chi connectivity index (χ2n) is 5.65. The molecule has 1 aromatic heterocycles. The molecule has 2 aromatic rings. The molecule has 1 N–H and O–H groups in total. The fourth-order valence-electron chi connectivity index (χ4n) is 2.47. The van der Waals surface area contributed by atoms with Crippen molar-refractivity contribution in [3.05, 3.63) is 63.1 Å². The third-order valence-electron chi connectivity index (χ3n) is 3.76. The first-order chi connectivity index (χ1) is 12.0. The van der Waals surface area contributed by atoms with Gasteiger partial charge in [-0.25, -0.2) is 0 Å². The average molecular weight is 340 g/mol. The van der Waals surface area contributed by atoms with Crippen LogP contribution in [0, 0.1) is 18.3 Å². The molecule has 6 heteroatoms. The molecular formula is C19H20N2O4. The standard InChI is InChI=1S/C19H20N2O4/c1-3-25-8-4-7-21-12-15(10-14(11-20)19(21)24)18(23)16-9-13(2)5-6-17(16)22/h5-6,9-10,12,22H,3-4,7-8H2,1-2H3. The van der Waals surface area contributed by atoms with Gasteiger partial charge in [0.05, 0.1) is 5.56 Å². The van der Waals surface area contributed by atoms with Crippen LogP contribution < -0.4 is 5.56 Å². The van der Waals surface area contributed by atoms with Crippen LogP contribution in [0.25, 0.3) is 0 Å². The fraction of sp³-hybridized carbons (Fsp3) is 0.316. The molecule has 25 heavy (non-hydrogen) atoms. The smallest absolute Gasteiger partial charge is 0.268 e. The molecule has 2 rings (SSSR count). The van der Waals surface area contributed by atoms with Crippen LogP contribution in [-0.4, -0.2) is 28.7 Å². The molecule has 0 radical (unpaired) electrons. The Hall–Kier alpha value is -2.91. The van der Waals surface area contributed by atoms with Crippen LogP contribution in [0.5, 0.6) is 5.75 Å². The largest absolute Gasteiger partial charge is 0.507 e. The molecule has 0 spiro atoms. The van der Waals surface area contributed by atoms with Gasteiger partial charge in [-0.1, -0.05) is 11.6 Å². The monoisotopic (exact) mass is 340 g/mol. The second-order valence-corrected chi connectivity index (χ2v) is 5.65. The minimum Gasteiger partial charge on any atom is -0.507 e. The van der Waals surface area contributed by atoms with Crippen molar-refractivity contribution in [2.24, 2.45) is 0 Å². The lowest BCUT2D eigenvalue weighted by Crippen LogP contribution is -2.24. The number of aromatic nitrogens is 1. The number of aromatic hydroxyl groups is 1. The van der Waals surface area contributed by atoms with Crippen LogP contribution in [0.15, 0.2) is 35.3 Å². The van der Waals surface area contributed by atoms with Gasteiger partial charge < -0.3 is 14.4 Å². The van der Waals surface area contributed by atoms with Crippen LogP contribution >= 0.6 is 0 Å². The summed E-state index contributed by atoms with van der Waals surface area (Å²) < 4.78 is 6.59. The maximum Gasteiger partial charge on any atom is 0.268 e. The number of phenols is 1. The Morgan fingerprint density at radius 1 is 1.36 bits per heavy atom. The summed E-state index contributed by atoms with van der Waals surface area (Å²) in [6.45, 7) is 5.11. The van der Waals surface area contributed by atoms with Crippen molar-refractivity contribution < 1.29 is 14.6 Å². The summed E-state index contributed by atoms with van der Waals surface area (Å²) >= 11 is 0. The van der Waals surface area contributed by atoms with Crippen molar-refractivity contribution in [3.8, 4) is 11.8 Å². The molecule has 0 aliphatic carbocycles. The number of carbonyl (C=O) groups is 1. The number of phenolic OH excluding ortho intramolecular Hbond substituents is 1. The molecule has 0 unspecified atom stereocenters. The van der Waals surface area contributed by atoms with Gasteiger partial charge in [-0.2, -0.15) is 5.26 Å². The number of pyridine rings is 1. The minimum absolute atomic E-state index is 0.102. The summed E-state index contributed by atoms with van der Waals surface area (Å²) in [7, 11) is 0. The number of carbonyl (C=O) groups excluding carboxylic acids is 1. The highest BCUT2D eigenvalue weighted by Gasteiger charge is 2.17. The van der Waals surface area contributed by atoms with Gasteiger partial charge in [0.15, 0.2) is 5.78 Å². The van der Waals surface area contributed by atoms with Crippen molar-refractivity contribution in [1.29, 1.82) is 5.26 Å². The van der Waals surface area contributed by atoms with Crippen molar-refractivity contribution in [1.82, 2.24) is 4.57 Å². The topological polar surface area (TPSA) is 92.3 Å². The molecule has 0 bridgehead atoms. The van der Waals surface area contributed by atoms with Crippen molar-refractivity contribution in [3.63, 3.8) is 0 Å². The van der Waals surface area contributed by atoms with Gasteiger partial charge in [-0.3, -0.25) is 9.59 Å². The summed E-state index contributed by atoms with van der Waals surface area (Å²) in [5, 5.41) is 19.1. The van der Waals surface area contributed by atoms with E-state index < -0.39 is 11.3 Å². The van der Waals surface area contributed by atoms with Gasteiger partial charge in [-0.15, -0.1) is 0 Å². The summed E-state index contributed by atoms with van der Waals surface area (Å²) in [6.07, 6.45) is 2.02. The first kappa shape index (κ1) is 18.4. The zero-order valence-electron chi connectivity index (χ0n) is 14.3. The first-order valence-corrected chi connectivity index (χ1v) is 8.04. The van der Waals surface area contributed by atoms with Gasteiger partial charge in [0.2, 0.25) is 0 Å². The highest BCUT2D eigenvalue weighted by Crippen LogP contribution is 2.21. The minimum atomic E-state index is -0.441. The number of nitrogens with zero attached hydrogens (tertiary/aromatic N) is 2. The quantitative estimate of drug-likeness (QED) is 0.617. The number of ether oxygens (including phenoxy) is 1. The lowest BCUT2D eigenvalue weighted by Gasteiger charge is -2.10. The van der Waals surface area contributed by atoms with E-state index >= 15 is 0 Å². The van der Waals surface area contributed by atoms with Gasteiger partial charge >= 0.3 is 0 Å². The highest BCUT2D eigenvalue weighted by atomic mass is 16.5. The molecular weight excluding hydrogens is 320 g/mol. The first-order valence-electron chi connectivity index (χ1n) is 8.04. The Kier molecular flexibility index (Phi) is 6.09. The lowest BCUT2D eigenvalue weighted by molar-refractivity contribution is 0.103. The summed E-state index contributed by atoms with van der Waals surface area (Å²) in [4.78, 5) is 25.0. The Labute approximate surface area is 145 Å². The molecule has 0 fully saturated rings. The van der Waals surface area contributed by atoms with E-state index in [2.05, 4.69) is 0 Å². The van der Waals surface area contributed by atoms with Crippen LogP contribution in [-0.2, 0) is 11.3 Å². The van der Waals surface area contributed by atoms with Crippen LogP contribution in [0.4, 0.5) is 0 Å². The SMILES string of the molecule is CCOCCCn1cc(C(=O)c2cc(C)ccc2O)cc(C#N)c1=O. The molecule has 0 atom stereocenters. The average Bonchev–Trinajstić information content (AvgIpc) is 2.61. The van der Waals surface area contributed by atoms with E-state index in [-0.39, 0.29) is 22.4 Å². The van der Waals surface area contributed by atoms with E-state index in [0.717, 1.165) is 5.56 Å². The predicted octanol–water partition coefficient (Wildman–Crippen LogP) is 2.39. The highest BCUT2D eigenvalue weighted by molar-refractivity contribution is 6.10. The molecule has 0 aliphatic heterocycles. The number of benzene rings is 1. The van der Waals surface area contributed by atoms with Crippen LogP contribution in [0.1, 0.15) is 40.4 Å². The van der Waals surface area contributed by atoms with E-state index in [0.29, 0.717) is 26.2 Å². The molecule has 1 aromatic carbocycles. The van der Waals surface area contributed by atoms with Gasteiger partial charge in [-0.05, 0) is 38.5 Å². The van der Waals surface area contributed by atoms with Crippen molar-refractivity contribution >= 4 is 5.78 Å². The molecule has 0 saturated heterocycles. The van der Waals surface area contributed by atoms with Gasteiger partial charge in [0.25, 0.3) is 5.56 Å². The van der Waals surface area contributed by atoms with E-state index in [1.807, 2.05) is 19.9 Å². The molecule has 0 saturated carbocycles. The number of hydrogen-bond donors (Lipinski definition) is 1. The molecule has 1 heterocycles. The van der Waals surface area contributed by atoms with E-state index in [9.17, 15) is 20.0 Å². The molecule has 0 aliphatic rings. The van der Waals surface area contributed by atoms with Crippen LogP contribution in [0.3, 0.4) is 0 Å². The third kappa shape index (κ3) is 4.34. The van der Waals surface area contributed by atoms with Crippen molar-refractivity contribution in [2.45, 2.75) is 26.8 Å². The van der Waals surface area contributed by atoms with Crippen molar-refractivity contribution in [2.75, 3.05) is 13.2 Å². The third-order valence-corrected chi connectivity index (χ3v) is 3.76. The zero-order chi connectivity index (χ0) is 18.4. The maximum atomic E-state index is 12.7. The Balaban J connectivity index is 2.40. The van der Waals surface area contributed by atoms with Gasteiger partial charge in [0, 0.05) is 31.5 Å². The number of aryl methyl sites for hydroxylation is 2. The molecule has 130 valence electrons. The Morgan fingerprint density at radius 2 is 2.12 bits per heavy atom. The second kappa shape index (κ2) is 8.27.